The zero-order valence-corrected chi connectivity index (χ0v) is 8.69. The Balaban J connectivity index is 3.08. The minimum atomic E-state index is -0.270. The van der Waals surface area contributed by atoms with E-state index in [1.54, 1.807) is 11.8 Å². The van der Waals surface area contributed by atoms with Gasteiger partial charge >= 0.3 is 11.9 Å². The summed E-state index contributed by atoms with van der Waals surface area (Å²) in [6, 6.07) is 0. The molecule has 5 heteroatoms. The van der Waals surface area contributed by atoms with Gasteiger partial charge in [0.05, 0.1) is 13.5 Å². The Bertz CT molecular complexity index is 170. The average molecular weight is 206 g/mol. The molecule has 0 heterocycles. The van der Waals surface area contributed by atoms with Gasteiger partial charge in [0, 0.05) is 18.4 Å². The molecule has 76 valence electrons. The van der Waals surface area contributed by atoms with Crippen molar-refractivity contribution in [3.8, 4) is 0 Å². The van der Waals surface area contributed by atoms with E-state index in [-0.39, 0.29) is 11.9 Å². The molecular weight excluding hydrogens is 192 g/mol. The zero-order chi connectivity index (χ0) is 10.1. The quantitative estimate of drug-likeness (QED) is 0.476. The molecule has 0 spiro atoms. The van der Waals surface area contributed by atoms with E-state index in [1.807, 2.05) is 0 Å². The number of esters is 2. The number of thioether (sulfide) groups is 1. The molecule has 0 bridgehead atoms. The van der Waals surface area contributed by atoms with Gasteiger partial charge in [-0.2, -0.15) is 11.8 Å². The van der Waals surface area contributed by atoms with Crippen LogP contribution in [0.1, 0.15) is 13.3 Å². The molecule has 0 unspecified atom stereocenters. The first-order chi connectivity index (χ1) is 6.16. The van der Waals surface area contributed by atoms with Crippen molar-refractivity contribution in [3.05, 3.63) is 0 Å². The molecule has 0 N–H and O–H groups in total. The maximum atomic E-state index is 10.6. The number of carbonyl (C=O) groups is 2. The van der Waals surface area contributed by atoms with Crippen molar-refractivity contribution in [2.24, 2.45) is 0 Å². The maximum Gasteiger partial charge on any atom is 0.306 e. The van der Waals surface area contributed by atoms with Crippen LogP contribution in [0.3, 0.4) is 0 Å². The molecular formula is C8H14O4S. The lowest BCUT2D eigenvalue weighted by atomic mass is 10.5. The predicted molar refractivity (Wildman–Crippen MR) is 50.6 cm³/mol. The van der Waals surface area contributed by atoms with E-state index in [9.17, 15) is 9.59 Å². The van der Waals surface area contributed by atoms with Crippen LogP contribution < -0.4 is 0 Å². The van der Waals surface area contributed by atoms with Crippen molar-refractivity contribution < 1.29 is 19.1 Å². The highest BCUT2D eigenvalue weighted by Crippen LogP contribution is 2.02. The molecule has 0 amide bonds. The first-order valence-electron chi connectivity index (χ1n) is 3.94. The van der Waals surface area contributed by atoms with E-state index < -0.39 is 0 Å². The standard InChI is InChI=1S/C8H14O4S/c1-7(9)12-4-6-13-5-3-8(10)11-2/h3-6H2,1-2H3. The van der Waals surface area contributed by atoms with Crippen LogP contribution in [0.15, 0.2) is 0 Å². The number of hydrogen-bond acceptors (Lipinski definition) is 5. The molecule has 13 heavy (non-hydrogen) atoms. The molecule has 0 radical (unpaired) electrons. The molecule has 0 rings (SSSR count). The van der Waals surface area contributed by atoms with E-state index in [0.29, 0.717) is 18.8 Å². The molecule has 0 aliphatic heterocycles. The summed E-state index contributed by atoms with van der Waals surface area (Å²) < 4.78 is 9.16. The molecule has 0 aliphatic rings. The van der Waals surface area contributed by atoms with Gasteiger partial charge in [0.1, 0.15) is 6.61 Å². The molecule has 0 aliphatic carbocycles. The van der Waals surface area contributed by atoms with Gasteiger partial charge in [-0.1, -0.05) is 0 Å². The van der Waals surface area contributed by atoms with Crippen LogP contribution >= 0.6 is 11.8 Å². The van der Waals surface area contributed by atoms with Crippen LogP contribution in [0.4, 0.5) is 0 Å². The minimum Gasteiger partial charge on any atom is -0.469 e. The summed E-state index contributed by atoms with van der Waals surface area (Å²) in [5.74, 6) is 0.943. The zero-order valence-electron chi connectivity index (χ0n) is 7.87. The monoisotopic (exact) mass is 206 g/mol. The fourth-order valence-electron chi connectivity index (χ4n) is 0.604. The average Bonchev–Trinajstić information content (AvgIpc) is 2.10. The molecule has 0 atom stereocenters. The Kier molecular flexibility index (Phi) is 7.48. The summed E-state index contributed by atoms with van der Waals surface area (Å²) in [5.41, 5.74) is 0. The SMILES string of the molecule is COC(=O)CCSCCOC(C)=O. The third-order valence-corrected chi connectivity index (χ3v) is 2.16. The Labute approximate surface area is 82.0 Å². The normalized spacial score (nSPS) is 9.38. The van der Waals surface area contributed by atoms with Crippen molar-refractivity contribution in [2.45, 2.75) is 13.3 Å². The molecule has 4 nitrogen and oxygen atoms in total. The molecule has 0 fully saturated rings. The third kappa shape index (κ3) is 9.20. The van der Waals surface area contributed by atoms with Crippen LogP contribution in [-0.2, 0) is 19.1 Å². The Hall–Kier alpha value is -0.710. The van der Waals surface area contributed by atoms with Gasteiger partial charge < -0.3 is 9.47 Å². The lowest BCUT2D eigenvalue weighted by molar-refractivity contribution is -0.141. The first kappa shape index (κ1) is 12.3. The van der Waals surface area contributed by atoms with Crippen LogP contribution in [-0.4, -0.2) is 37.2 Å². The fourth-order valence-corrected chi connectivity index (χ4v) is 1.32. The highest BCUT2D eigenvalue weighted by Gasteiger charge is 1.99. The Morgan fingerprint density at radius 3 is 2.54 bits per heavy atom. The largest absolute Gasteiger partial charge is 0.469 e. The number of methoxy groups -OCH3 is 1. The Morgan fingerprint density at radius 2 is 2.00 bits per heavy atom. The second kappa shape index (κ2) is 7.91. The van der Waals surface area contributed by atoms with E-state index in [2.05, 4.69) is 4.74 Å². The van der Waals surface area contributed by atoms with Gasteiger partial charge in [-0.25, -0.2) is 0 Å². The van der Waals surface area contributed by atoms with Gasteiger partial charge in [-0.3, -0.25) is 9.59 Å². The first-order valence-corrected chi connectivity index (χ1v) is 5.10. The highest BCUT2D eigenvalue weighted by molar-refractivity contribution is 7.99. The van der Waals surface area contributed by atoms with Crippen molar-refractivity contribution >= 4 is 23.7 Å². The summed E-state index contributed by atoms with van der Waals surface area (Å²) in [6.07, 6.45) is 0.404. The highest BCUT2D eigenvalue weighted by atomic mass is 32.2. The summed E-state index contributed by atoms with van der Waals surface area (Å²) >= 11 is 1.56. The smallest absolute Gasteiger partial charge is 0.306 e. The summed E-state index contributed by atoms with van der Waals surface area (Å²) in [6.45, 7) is 1.78. The van der Waals surface area contributed by atoms with Crippen LogP contribution in [0.5, 0.6) is 0 Å². The third-order valence-electron chi connectivity index (χ3n) is 1.21. The van der Waals surface area contributed by atoms with Crippen LogP contribution in [0, 0.1) is 0 Å². The lowest BCUT2D eigenvalue weighted by Crippen LogP contribution is -2.05. The van der Waals surface area contributed by atoms with Gasteiger partial charge in [-0.15, -0.1) is 0 Å². The second-order valence-corrected chi connectivity index (χ2v) is 3.50. The van der Waals surface area contributed by atoms with E-state index in [4.69, 9.17) is 4.74 Å². The van der Waals surface area contributed by atoms with Gasteiger partial charge in [0.25, 0.3) is 0 Å². The lowest BCUT2D eigenvalue weighted by Gasteiger charge is -2.01. The number of ether oxygens (including phenoxy) is 2. The van der Waals surface area contributed by atoms with Crippen molar-refractivity contribution in [1.82, 2.24) is 0 Å². The van der Waals surface area contributed by atoms with E-state index >= 15 is 0 Å². The molecule has 0 aromatic heterocycles. The van der Waals surface area contributed by atoms with Crippen molar-refractivity contribution in [3.63, 3.8) is 0 Å². The van der Waals surface area contributed by atoms with Gasteiger partial charge in [-0.05, 0) is 0 Å². The number of rotatable bonds is 6. The molecule has 0 saturated carbocycles. The van der Waals surface area contributed by atoms with Crippen LogP contribution in [0.25, 0.3) is 0 Å². The molecule has 0 aromatic rings. The fraction of sp³-hybridized carbons (Fsp3) is 0.750. The summed E-state index contributed by atoms with van der Waals surface area (Å²) in [7, 11) is 1.37. The van der Waals surface area contributed by atoms with E-state index in [0.717, 1.165) is 5.75 Å². The van der Waals surface area contributed by atoms with Crippen molar-refractivity contribution in [2.75, 3.05) is 25.2 Å². The van der Waals surface area contributed by atoms with Crippen LogP contribution in [0.2, 0.25) is 0 Å². The predicted octanol–water partition coefficient (Wildman–Crippen LogP) is 0.846. The summed E-state index contributed by atoms with van der Waals surface area (Å²) in [5, 5.41) is 0. The number of hydrogen-bond donors (Lipinski definition) is 0. The Morgan fingerprint density at radius 1 is 1.31 bits per heavy atom. The number of carbonyl (C=O) groups excluding carboxylic acids is 2. The molecule has 0 saturated heterocycles. The van der Waals surface area contributed by atoms with E-state index in [1.165, 1.54) is 14.0 Å². The maximum absolute atomic E-state index is 10.6. The van der Waals surface area contributed by atoms with Crippen molar-refractivity contribution in [1.29, 1.82) is 0 Å². The van der Waals surface area contributed by atoms with Gasteiger partial charge in [0.15, 0.2) is 0 Å². The molecule has 0 aromatic carbocycles. The summed E-state index contributed by atoms with van der Waals surface area (Å²) in [4.78, 5) is 21.0. The van der Waals surface area contributed by atoms with Gasteiger partial charge in [0.2, 0.25) is 0 Å². The second-order valence-electron chi connectivity index (χ2n) is 2.28. The topological polar surface area (TPSA) is 52.6 Å². The minimum absolute atomic E-state index is 0.208.